The number of phenolic OH excluding ortho intramolecular Hbond substituents is 1. The zero-order valence-electron chi connectivity index (χ0n) is 7.96. The molecule has 1 heterocycles. The molecule has 1 fully saturated rings. The number of aromatic hydroxyl groups is 1. The first-order valence-electron chi connectivity index (χ1n) is 4.67. The van der Waals surface area contributed by atoms with Crippen LogP contribution in [-0.2, 0) is 4.79 Å². The lowest BCUT2D eigenvalue weighted by Gasteiger charge is -2.25. The molecule has 5 heteroatoms. The topological polar surface area (TPSA) is 61.4 Å². The normalized spacial score (nSPS) is 15.8. The van der Waals surface area contributed by atoms with Crippen molar-refractivity contribution in [2.45, 2.75) is 0 Å². The highest BCUT2D eigenvalue weighted by Gasteiger charge is 2.25. The second-order valence-electron chi connectivity index (χ2n) is 3.48. The van der Waals surface area contributed by atoms with Crippen LogP contribution in [0.1, 0.15) is 0 Å². The number of hydrogen-bond donors (Lipinski definition) is 3. The predicted octanol–water partition coefficient (Wildman–Crippen LogP) is 1.31. The van der Waals surface area contributed by atoms with E-state index in [1.807, 2.05) is 0 Å². The molecule has 1 aromatic carbocycles. The van der Waals surface area contributed by atoms with Crippen molar-refractivity contribution in [1.82, 2.24) is 5.32 Å². The van der Waals surface area contributed by atoms with Crippen molar-refractivity contribution < 1.29 is 9.90 Å². The van der Waals surface area contributed by atoms with Crippen molar-refractivity contribution >= 4 is 27.5 Å². The fraction of sp³-hybridized carbons (Fsp3) is 0.300. The van der Waals surface area contributed by atoms with Crippen LogP contribution in [0.3, 0.4) is 0 Å². The number of anilines is 1. The second kappa shape index (κ2) is 4.20. The Morgan fingerprint density at radius 3 is 2.87 bits per heavy atom. The van der Waals surface area contributed by atoms with Crippen LogP contribution in [0.2, 0.25) is 0 Å². The van der Waals surface area contributed by atoms with Crippen LogP contribution < -0.4 is 10.6 Å². The minimum Gasteiger partial charge on any atom is -0.505 e. The Hall–Kier alpha value is -1.07. The van der Waals surface area contributed by atoms with Crippen molar-refractivity contribution in [3.05, 3.63) is 22.7 Å². The first kappa shape index (κ1) is 10.4. The van der Waals surface area contributed by atoms with Crippen molar-refractivity contribution in [2.75, 3.05) is 18.4 Å². The largest absolute Gasteiger partial charge is 0.505 e. The SMILES string of the molecule is O=C(Nc1cccc(Br)c1O)C1CNC1. The third-order valence-electron chi connectivity index (χ3n) is 2.40. The summed E-state index contributed by atoms with van der Waals surface area (Å²) < 4.78 is 0.576. The van der Waals surface area contributed by atoms with E-state index in [0.717, 1.165) is 0 Å². The molecule has 15 heavy (non-hydrogen) atoms. The number of carbonyl (C=O) groups excluding carboxylic acids is 1. The van der Waals surface area contributed by atoms with E-state index in [0.29, 0.717) is 23.2 Å². The summed E-state index contributed by atoms with van der Waals surface area (Å²) in [6, 6.07) is 5.15. The zero-order chi connectivity index (χ0) is 10.8. The monoisotopic (exact) mass is 270 g/mol. The number of benzene rings is 1. The Kier molecular flexibility index (Phi) is 2.93. The van der Waals surface area contributed by atoms with Gasteiger partial charge in [-0.15, -0.1) is 0 Å². The number of amides is 1. The number of rotatable bonds is 2. The molecule has 0 aromatic heterocycles. The molecule has 0 spiro atoms. The smallest absolute Gasteiger partial charge is 0.230 e. The average Bonchev–Trinajstić information content (AvgIpc) is 2.10. The lowest BCUT2D eigenvalue weighted by atomic mass is 10.0. The number of para-hydroxylation sites is 1. The number of hydrogen-bond acceptors (Lipinski definition) is 3. The first-order chi connectivity index (χ1) is 7.18. The fourth-order valence-electron chi connectivity index (χ4n) is 1.33. The highest BCUT2D eigenvalue weighted by Crippen LogP contribution is 2.31. The van der Waals surface area contributed by atoms with E-state index in [-0.39, 0.29) is 17.6 Å². The number of carbonyl (C=O) groups is 1. The van der Waals surface area contributed by atoms with Crippen molar-refractivity contribution in [2.24, 2.45) is 5.92 Å². The summed E-state index contributed by atoms with van der Waals surface area (Å²) in [5.41, 5.74) is 0.446. The molecule has 1 aromatic rings. The van der Waals surface area contributed by atoms with Gasteiger partial charge in [-0.1, -0.05) is 6.07 Å². The number of nitrogens with one attached hydrogen (secondary N) is 2. The minimum absolute atomic E-state index is 0.0170. The van der Waals surface area contributed by atoms with Crippen LogP contribution in [0.15, 0.2) is 22.7 Å². The fourth-order valence-corrected chi connectivity index (χ4v) is 1.69. The molecule has 1 aliphatic rings. The third-order valence-corrected chi connectivity index (χ3v) is 3.04. The van der Waals surface area contributed by atoms with Gasteiger partial charge in [-0.2, -0.15) is 0 Å². The Labute approximate surface area is 95.8 Å². The van der Waals surface area contributed by atoms with Crippen molar-refractivity contribution in [1.29, 1.82) is 0 Å². The predicted molar refractivity (Wildman–Crippen MR) is 60.8 cm³/mol. The highest BCUT2D eigenvalue weighted by atomic mass is 79.9. The van der Waals surface area contributed by atoms with Gasteiger partial charge in [-0.25, -0.2) is 0 Å². The summed E-state index contributed by atoms with van der Waals surface area (Å²) in [5.74, 6) is 0.0312. The van der Waals surface area contributed by atoms with Gasteiger partial charge in [0.15, 0.2) is 5.75 Å². The van der Waals surface area contributed by atoms with Crippen LogP contribution in [0, 0.1) is 5.92 Å². The van der Waals surface area contributed by atoms with E-state index in [1.165, 1.54) is 0 Å². The lowest BCUT2D eigenvalue weighted by Crippen LogP contribution is -2.48. The maximum atomic E-state index is 11.6. The van der Waals surface area contributed by atoms with E-state index in [4.69, 9.17) is 0 Å². The molecule has 0 atom stereocenters. The minimum atomic E-state index is -0.0536. The Morgan fingerprint density at radius 1 is 1.53 bits per heavy atom. The zero-order valence-corrected chi connectivity index (χ0v) is 9.54. The Bertz CT molecular complexity index is 391. The molecule has 0 bridgehead atoms. The van der Waals surface area contributed by atoms with Crippen LogP contribution in [0.4, 0.5) is 5.69 Å². The third kappa shape index (κ3) is 2.13. The standard InChI is InChI=1S/C10H11BrN2O2/c11-7-2-1-3-8(9(7)14)13-10(15)6-4-12-5-6/h1-3,6,12,14H,4-5H2,(H,13,15). The van der Waals surface area contributed by atoms with E-state index >= 15 is 0 Å². The van der Waals surface area contributed by atoms with Gasteiger partial charge >= 0.3 is 0 Å². The molecule has 4 nitrogen and oxygen atoms in total. The van der Waals surface area contributed by atoms with Crippen LogP contribution in [-0.4, -0.2) is 24.1 Å². The summed E-state index contributed by atoms with van der Waals surface area (Å²) in [7, 11) is 0. The molecule has 80 valence electrons. The molecule has 0 aliphatic carbocycles. The summed E-state index contributed by atoms with van der Waals surface area (Å²) in [5, 5.41) is 15.4. The van der Waals surface area contributed by atoms with Gasteiger partial charge in [0, 0.05) is 13.1 Å². The molecule has 0 radical (unpaired) electrons. The molecule has 0 unspecified atom stereocenters. The molecule has 2 rings (SSSR count). The molecule has 1 aliphatic heterocycles. The van der Waals surface area contributed by atoms with Crippen LogP contribution in [0.25, 0.3) is 0 Å². The first-order valence-corrected chi connectivity index (χ1v) is 5.47. The maximum absolute atomic E-state index is 11.6. The summed E-state index contributed by atoms with van der Waals surface area (Å²) >= 11 is 3.19. The van der Waals surface area contributed by atoms with E-state index < -0.39 is 0 Å². The molecule has 1 saturated heterocycles. The van der Waals surface area contributed by atoms with Gasteiger partial charge in [-0.05, 0) is 28.1 Å². The molecule has 0 saturated carbocycles. The van der Waals surface area contributed by atoms with Gasteiger partial charge in [0.25, 0.3) is 0 Å². The molecular formula is C10H11BrN2O2. The van der Waals surface area contributed by atoms with E-state index in [2.05, 4.69) is 26.6 Å². The van der Waals surface area contributed by atoms with Crippen LogP contribution >= 0.6 is 15.9 Å². The number of phenols is 1. The van der Waals surface area contributed by atoms with Crippen molar-refractivity contribution in [3.8, 4) is 5.75 Å². The Balaban J connectivity index is 2.09. The summed E-state index contributed by atoms with van der Waals surface area (Å²) in [6.07, 6.45) is 0. The van der Waals surface area contributed by atoms with Crippen molar-refractivity contribution in [3.63, 3.8) is 0 Å². The Morgan fingerprint density at radius 2 is 2.27 bits per heavy atom. The van der Waals surface area contributed by atoms with E-state index in [9.17, 15) is 9.90 Å². The summed E-state index contributed by atoms with van der Waals surface area (Å²) in [6.45, 7) is 1.42. The summed E-state index contributed by atoms with van der Waals surface area (Å²) in [4.78, 5) is 11.6. The van der Waals surface area contributed by atoms with Gasteiger partial charge in [-0.3, -0.25) is 4.79 Å². The number of halogens is 1. The lowest BCUT2D eigenvalue weighted by molar-refractivity contribution is -0.121. The molecule has 1 amide bonds. The van der Waals surface area contributed by atoms with Gasteiger partial charge < -0.3 is 15.7 Å². The highest BCUT2D eigenvalue weighted by molar-refractivity contribution is 9.10. The maximum Gasteiger partial charge on any atom is 0.230 e. The van der Waals surface area contributed by atoms with Gasteiger partial charge in [0.05, 0.1) is 16.1 Å². The average molecular weight is 271 g/mol. The van der Waals surface area contributed by atoms with Gasteiger partial charge in [0.1, 0.15) is 0 Å². The molecular weight excluding hydrogens is 260 g/mol. The molecule has 3 N–H and O–H groups in total. The van der Waals surface area contributed by atoms with Crippen LogP contribution in [0.5, 0.6) is 5.75 Å². The van der Waals surface area contributed by atoms with E-state index in [1.54, 1.807) is 18.2 Å². The second-order valence-corrected chi connectivity index (χ2v) is 4.33. The quantitative estimate of drug-likeness (QED) is 0.711. The van der Waals surface area contributed by atoms with Gasteiger partial charge in [0.2, 0.25) is 5.91 Å².